The van der Waals surface area contributed by atoms with Crippen LogP contribution in [0.15, 0.2) is 72.9 Å². The van der Waals surface area contributed by atoms with E-state index in [9.17, 15) is 4.79 Å². The molecule has 0 bridgehead atoms. The molecule has 0 spiro atoms. The van der Waals surface area contributed by atoms with Crippen molar-refractivity contribution >= 4 is 5.97 Å². The molecule has 3 aromatic rings. The van der Waals surface area contributed by atoms with Crippen LogP contribution in [0, 0.1) is 0 Å². The smallest absolute Gasteiger partial charge is 0.349 e. The summed E-state index contributed by atoms with van der Waals surface area (Å²) in [6.07, 6.45) is 1.64. The SMILES string of the molecule is COc1ccccc1OC(=O)COc1cccc(Oc2ccccn2)c1. The lowest BCUT2D eigenvalue weighted by Gasteiger charge is -2.10. The second kappa shape index (κ2) is 8.53. The molecule has 0 amide bonds. The van der Waals surface area contributed by atoms with E-state index in [1.165, 1.54) is 7.11 Å². The standard InChI is InChI=1S/C20H17NO5/c1-23-17-9-2-3-10-18(17)26-20(22)14-24-15-7-6-8-16(13-15)25-19-11-4-5-12-21-19/h2-13H,14H2,1H3. The van der Waals surface area contributed by atoms with E-state index in [1.54, 1.807) is 66.9 Å². The van der Waals surface area contributed by atoms with Crippen molar-refractivity contribution in [3.05, 3.63) is 72.9 Å². The summed E-state index contributed by atoms with van der Waals surface area (Å²) >= 11 is 0. The second-order valence-electron chi connectivity index (χ2n) is 5.16. The van der Waals surface area contributed by atoms with Gasteiger partial charge in [-0.2, -0.15) is 0 Å². The number of carbonyl (C=O) groups excluding carboxylic acids is 1. The van der Waals surface area contributed by atoms with Crippen molar-refractivity contribution in [2.75, 3.05) is 13.7 Å². The number of benzene rings is 2. The van der Waals surface area contributed by atoms with Gasteiger partial charge in [0.05, 0.1) is 7.11 Å². The zero-order valence-corrected chi connectivity index (χ0v) is 14.1. The number of esters is 1. The molecule has 0 aliphatic rings. The van der Waals surface area contributed by atoms with E-state index in [0.29, 0.717) is 28.9 Å². The van der Waals surface area contributed by atoms with Crippen LogP contribution in [0.5, 0.6) is 28.9 Å². The third-order valence-electron chi connectivity index (χ3n) is 3.32. The number of para-hydroxylation sites is 2. The Kier molecular flexibility index (Phi) is 5.67. The van der Waals surface area contributed by atoms with Gasteiger partial charge < -0.3 is 18.9 Å². The fraction of sp³-hybridized carbons (Fsp3) is 0.100. The van der Waals surface area contributed by atoms with E-state index in [1.807, 2.05) is 6.07 Å². The number of rotatable bonds is 7. The Bertz CT molecular complexity index is 867. The molecule has 132 valence electrons. The highest BCUT2D eigenvalue weighted by Gasteiger charge is 2.10. The Morgan fingerprint density at radius 2 is 1.69 bits per heavy atom. The van der Waals surface area contributed by atoms with Crippen molar-refractivity contribution in [2.24, 2.45) is 0 Å². The fourth-order valence-electron chi connectivity index (χ4n) is 2.15. The van der Waals surface area contributed by atoms with Gasteiger partial charge in [0, 0.05) is 18.3 Å². The maximum Gasteiger partial charge on any atom is 0.349 e. The van der Waals surface area contributed by atoms with Crippen molar-refractivity contribution in [1.82, 2.24) is 4.98 Å². The monoisotopic (exact) mass is 351 g/mol. The van der Waals surface area contributed by atoms with E-state index in [-0.39, 0.29) is 6.61 Å². The third-order valence-corrected chi connectivity index (χ3v) is 3.32. The maximum atomic E-state index is 12.0. The minimum Gasteiger partial charge on any atom is -0.493 e. The first kappa shape index (κ1) is 17.3. The lowest BCUT2D eigenvalue weighted by Crippen LogP contribution is -2.18. The molecule has 0 N–H and O–H groups in total. The van der Waals surface area contributed by atoms with Gasteiger partial charge in [-0.3, -0.25) is 0 Å². The van der Waals surface area contributed by atoms with Crippen LogP contribution in [0.2, 0.25) is 0 Å². The van der Waals surface area contributed by atoms with E-state index in [2.05, 4.69) is 4.98 Å². The average molecular weight is 351 g/mol. The van der Waals surface area contributed by atoms with Gasteiger partial charge in [0.1, 0.15) is 11.5 Å². The molecule has 0 unspecified atom stereocenters. The van der Waals surface area contributed by atoms with Crippen molar-refractivity contribution in [2.45, 2.75) is 0 Å². The molecule has 2 aromatic carbocycles. The lowest BCUT2D eigenvalue weighted by atomic mass is 10.3. The van der Waals surface area contributed by atoms with E-state index >= 15 is 0 Å². The average Bonchev–Trinajstić information content (AvgIpc) is 2.68. The Morgan fingerprint density at radius 1 is 0.923 bits per heavy atom. The van der Waals surface area contributed by atoms with Gasteiger partial charge in [-0.25, -0.2) is 9.78 Å². The summed E-state index contributed by atoms with van der Waals surface area (Å²) in [6, 6.07) is 19.2. The Balaban J connectivity index is 1.57. The number of hydrogen-bond acceptors (Lipinski definition) is 6. The van der Waals surface area contributed by atoms with Crippen LogP contribution in [0.25, 0.3) is 0 Å². The predicted octanol–water partition coefficient (Wildman–Crippen LogP) is 3.87. The van der Waals surface area contributed by atoms with Crippen LogP contribution in [-0.2, 0) is 4.79 Å². The maximum absolute atomic E-state index is 12.0. The topological polar surface area (TPSA) is 66.9 Å². The Hall–Kier alpha value is -3.54. The fourth-order valence-corrected chi connectivity index (χ4v) is 2.15. The van der Waals surface area contributed by atoms with Crippen LogP contribution < -0.4 is 18.9 Å². The summed E-state index contributed by atoms with van der Waals surface area (Å²) in [7, 11) is 1.51. The number of aromatic nitrogens is 1. The van der Waals surface area contributed by atoms with Crippen LogP contribution >= 0.6 is 0 Å². The molecule has 0 aliphatic carbocycles. The summed E-state index contributed by atoms with van der Waals surface area (Å²) in [5.41, 5.74) is 0. The molecule has 26 heavy (non-hydrogen) atoms. The van der Waals surface area contributed by atoms with Gasteiger partial charge in [-0.1, -0.05) is 24.3 Å². The van der Waals surface area contributed by atoms with E-state index in [4.69, 9.17) is 18.9 Å². The zero-order valence-electron chi connectivity index (χ0n) is 14.1. The van der Waals surface area contributed by atoms with Gasteiger partial charge in [0.25, 0.3) is 0 Å². The molecule has 0 atom stereocenters. The molecule has 0 aliphatic heterocycles. The van der Waals surface area contributed by atoms with Crippen LogP contribution in [0.3, 0.4) is 0 Å². The first-order valence-corrected chi connectivity index (χ1v) is 7.90. The van der Waals surface area contributed by atoms with Gasteiger partial charge in [0.15, 0.2) is 18.1 Å². The first-order chi connectivity index (χ1) is 12.7. The summed E-state index contributed by atoms with van der Waals surface area (Å²) in [5, 5.41) is 0. The molecular weight excluding hydrogens is 334 g/mol. The van der Waals surface area contributed by atoms with Gasteiger partial charge >= 0.3 is 5.97 Å². The number of carbonyl (C=O) groups is 1. The van der Waals surface area contributed by atoms with Crippen LogP contribution in [0.4, 0.5) is 0 Å². The molecule has 6 nitrogen and oxygen atoms in total. The van der Waals surface area contributed by atoms with Gasteiger partial charge in [0.2, 0.25) is 5.88 Å². The lowest BCUT2D eigenvalue weighted by molar-refractivity contribution is -0.136. The number of pyridine rings is 1. The second-order valence-corrected chi connectivity index (χ2v) is 5.16. The minimum atomic E-state index is -0.537. The van der Waals surface area contributed by atoms with Crippen molar-refractivity contribution < 1.29 is 23.7 Å². The largest absolute Gasteiger partial charge is 0.493 e. The summed E-state index contributed by atoms with van der Waals surface area (Å²) in [5.74, 6) is 1.79. The van der Waals surface area contributed by atoms with Crippen molar-refractivity contribution in [1.29, 1.82) is 0 Å². The van der Waals surface area contributed by atoms with Crippen molar-refractivity contribution in [3.63, 3.8) is 0 Å². The molecular formula is C20H17NO5. The van der Waals surface area contributed by atoms with Crippen LogP contribution in [0.1, 0.15) is 0 Å². The van der Waals surface area contributed by atoms with E-state index < -0.39 is 5.97 Å². The molecule has 0 saturated carbocycles. The normalized spacial score (nSPS) is 10.0. The summed E-state index contributed by atoms with van der Waals surface area (Å²) in [6.45, 7) is -0.245. The number of methoxy groups -OCH3 is 1. The first-order valence-electron chi connectivity index (χ1n) is 7.90. The number of hydrogen-bond donors (Lipinski definition) is 0. The van der Waals surface area contributed by atoms with Gasteiger partial charge in [-0.05, 0) is 30.3 Å². The predicted molar refractivity (Wildman–Crippen MR) is 94.9 cm³/mol. The van der Waals surface area contributed by atoms with Crippen molar-refractivity contribution in [3.8, 4) is 28.9 Å². The molecule has 1 aromatic heterocycles. The molecule has 6 heteroatoms. The Labute approximate surface area is 150 Å². The molecule has 3 rings (SSSR count). The molecule has 0 fully saturated rings. The molecule has 0 saturated heterocycles. The summed E-state index contributed by atoms with van der Waals surface area (Å²) < 4.78 is 21.5. The number of nitrogens with zero attached hydrogens (tertiary/aromatic N) is 1. The summed E-state index contributed by atoms with van der Waals surface area (Å²) in [4.78, 5) is 16.1. The highest BCUT2D eigenvalue weighted by Crippen LogP contribution is 2.26. The molecule has 1 heterocycles. The zero-order chi connectivity index (χ0) is 18.2. The minimum absolute atomic E-state index is 0.245. The molecule has 0 radical (unpaired) electrons. The highest BCUT2D eigenvalue weighted by molar-refractivity contribution is 5.74. The quantitative estimate of drug-likeness (QED) is 0.475. The van der Waals surface area contributed by atoms with Gasteiger partial charge in [-0.15, -0.1) is 0 Å². The van der Waals surface area contributed by atoms with E-state index in [0.717, 1.165) is 0 Å². The Morgan fingerprint density at radius 3 is 2.46 bits per heavy atom. The van der Waals surface area contributed by atoms with Crippen LogP contribution in [-0.4, -0.2) is 24.7 Å². The highest BCUT2D eigenvalue weighted by atomic mass is 16.6. The number of ether oxygens (including phenoxy) is 4. The third kappa shape index (κ3) is 4.73.